The van der Waals surface area contributed by atoms with Gasteiger partial charge in [-0.15, -0.1) is 0 Å². The number of methoxy groups -OCH3 is 1. The molecule has 0 N–H and O–H groups in total. The van der Waals surface area contributed by atoms with Crippen LogP contribution in [-0.2, 0) is 28.5 Å². The predicted octanol–water partition coefficient (Wildman–Crippen LogP) is 7.62. The van der Waals surface area contributed by atoms with Gasteiger partial charge < -0.3 is 4.74 Å². The van der Waals surface area contributed by atoms with Gasteiger partial charge in [-0.1, -0.05) is 26.2 Å². The van der Waals surface area contributed by atoms with E-state index in [1.807, 2.05) is 6.07 Å². The Hall–Kier alpha value is -0.861. The van der Waals surface area contributed by atoms with Gasteiger partial charge in [0.15, 0.2) is 6.29 Å². The van der Waals surface area contributed by atoms with Gasteiger partial charge in [0, 0.05) is 13.2 Å². The second-order valence-corrected chi connectivity index (χ2v) is 17.4. The number of ether oxygens (including phenoxy) is 5. The van der Waals surface area contributed by atoms with Crippen LogP contribution in [0.5, 0.6) is 0 Å². The number of hydrogen-bond acceptors (Lipinski definition) is 7. The van der Waals surface area contributed by atoms with E-state index >= 15 is 0 Å². The van der Waals surface area contributed by atoms with Crippen LogP contribution >= 0.6 is 11.8 Å². The summed E-state index contributed by atoms with van der Waals surface area (Å²) < 4.78 is 31.7. The molecule has 252 valence electrons. The van der Waals surface area contributed by atoms with E-state index in [-0.39, 0.29) is 50.5 Å². The first-order valence-electron chi connectivity index (χ1n) is 17.8. The molecule has 3 heterocycles. The molecule has 1 aliphatic carbocycles. The fraction of sp³-hybridized carbons (Fsp3) is 0.757. The average Bonchev–Trinajstić information content (AvgIpc) is 3.61. The molecule has 8 heteroatoms. The molecule has 45 heavy (non-hydrogen) atoms. The van der Waals surface area contributed by atoms with Crippen molar-refractivity contribution in [3.05, 3.63) is 42.5 Å². The monoisotopic (exact) mass is 708 g/mol. The van der Waals surface area contributed by atoms with E-state index in [0.29, 0.717) is 22.3 Å². The zero-order valence-corrected chi connectivity index (χ0v) is 30.1. The zero-order chi connectivity index (χ0) is 31.3. The Balaban J connectivity index is 1.20. The molecule has 4 unspecified atom stereocenters. The van der Waals surface area contributed by atoms with Crippen LogP contribution in [0.4, 0.5) is 0 Å². The van der Waals surface area contributed by atoms with Crippen LogP contribution in [0, 0.1) is 11.8 Å². The van der Waals surface area contributed by atoms with Crippen LogP contribution in [0.25, 0.3) is 0 Å². The zero-order valence-electron chi connectivity index (χ0n) is 27.5. The Morgan fingerprint density at radius 1 is 1.00 bits per heavy atom. The summed E-state index contributed by atoms with van der Waals surface area (Å²) in [5.74, 6) is 0.933. The summed E-state index contributed by atoms with van der Waals surface area (Å²) in [6, 6.07) is 10.4. The first-order valence-corrected chi connectivity index (χ1v) is 20.6. The van der Waals surface area contributed by atoms with Gasteiger partial charge in [-0.2, -0.15) is 0 Å². The van der Waals surface area contributed by atoms with E-state index in [1.165, 1.54) is 50.1 Å². The second-order valence-electron chi connectivity index (χ2n) is 13.2. The first kappa shape index (κ1) is 35.4. The van der Waals surface area contributed by atoms with Crippen LogP contribution in [0.3, 0.4) is 0 Å². The summed E-state index contributed by atoms with van der Waals surface area (Å²) in [7, 11) is 1.52. The fourth-order valence-electron chi connectivity index (χ4n) is 7.39. The van der Waals surface area contributed by atoms with E-state index in [0.717, 1.165) is 71.0 Å². The molecule has 0 amide bonds. The molecule has 4 aliphatic rings. The Morgan fingerprint density at radius 3 is 2.49 bits per heavy atom. The SMILES string of the molecule is CCCCC[C@@H](/C=C/[C@@H]1[C@H]2CC(CCCC([Se]c3ccccc3)C(=O)OC)S[C@@H]2C[C@H]1OC1CCCCO1)OC1CCCCO1. The molecule has 0 bridgehead atoms. The van der Waals surface area contributed by atoms with Gasteiger partial charge >= 0.3 is 201 Å². The van der Waals surface area contributed by atoms with E-state index in [9.17, 15) is 4.79 Å². The van der Waals surface area contributed by atoms with Crippen LogP contribution in [0.2, 0.25) is 4.82 Å². The summed E-state index contributed by atoms with van der Waals surface area (Å²) in [6.07, 6.45) is 21.8. The molecular weight excluding hydrogens is 651 g/mol. The number of carbonyl (C=O) groups excluding carboxylic acids is 1. The maximum absolute atomic E-state index is 12.6. The smallest absolute Gasteiger partial charge is 0.353 e. The number of benzene rings is 1. The Bertz CT molecular complexity index is 1010. The number of carbonyl (C=O) groups is 1. The van der Waals surface area contributed by atoms with Crippen LogP contribution in [0.1, 0.15) is 103 Å². The topological polar surface area (TPSA) is 63.2 Å². The summed E-state index contributed by atoms with van der Waals surface area (Å²) >= 11 is 2.27. The Labute approximate surface area is 282 Å². The van der Waals surface area contributed by atoms with Gasteiger partial charge in [0.1, 0.15) is 0 Å². The number of unbranched alkanes of at least 4 members (excludes halogenated alkanes) is 2. The van der Waals surface area contributed by atoms with Gasteiger partial charge in [0.25, 0.3) is 0 Å². The van der Waals surface area contributed by atoms with Gasteiger partial charge in [-0.3, -0.25) is 0 Å². The van der Waals surface area contributed by atoms with Crippen molar-refractivity contribution in [1.29, 1.82) is 0 Å². The average molecular weight is 708 g/mol. The molecule has 4 fully saturated rings. The standard InChI is InChI=1S/C37H56O6SSe/c1-3-4-6-14-27(42-35-19-9-11-23-40-35)21-22-30-31-25-28(44-33(31)26-32(30)43-36-20-10-12-24-41-36)15-13-18-34(37(38)39-2)45-29-16-7-5-8-17-29/h5,7-8,16-17,21-22,27-28,30-36H,3-4,6,9-15,18-20,23-26H2,1-2H3/b22-21+/t27-,28?,30+,31+,32+,33+,34?,35?,36?/m0/s1. The summed E-state index contributed by atoms with van der Waals surface area (Å²) in [5, 5.41) is 1.25. The number of hydrogen-bond donors (Lipinski definition) is 0. The summed E-state index contributed by atoms with van der Waals surface area (Å²) in [5.41, 5.74) is 0. The molecule has 9 atom stereocenters. The molecule has 3 saturated heterocycles. The molecule has 3 aliphatic heterocycles. The van der Waals surface area contributed by atoms with Gasteiger partial charge in [0.2, 0.25) is 0 Å². The third-order valence-corrected chi connectivity index (χ3v) is 14.2. The number of fused-ring (bicyclic) bond motifs is 1. The Morgan fingerprint density at radius 2 is 1.78 bits per heavy atom. The number of esters is 1. The molecule has 0 radical (unpaired) electrons. The second kappa shape index (κ2) is 19.2. The molecule has 1 saturated carbocycles. The molecule has 1 aromatic carbocycles. The quantitative estimate of drug-likeness (QED) is 0.0715. The minimum absolute atomic E-state index is 0.0162. The molecule has 1 aromatic rings. The molecule has 0 spiro atoms. The van der Waals surface area contributed by atoms with Gasteiger partial charge in [-0.25, -0.2) is 0 Å². The van der Waals surface area contributed by atoms with Crippen molar-refractivity contribution in [2.24, 2.45) is 11.8 Å². The van der Waals surface area contributed by atoms with Crippen LogP contribution in [0.15, 0.2) is 42.5 Å². The Kier molecular flexibility index (Phi) is 15.1. The summed E-state index contributed by atoms with van der Waals surface area (Å²) in [6.45, 7) is 3.89. The van der Waals surface area contributed by atoms with Crippen molar-refractivity contribution in [1.82, 2.24) is 0 Å². The van der Waals surface area contributed by atoms with E-state index < -0.39 is 0 Å². The number of rotatable bonds is 17. The van der Waals surface area contributed by atoms with Crippen molar-refractivity contribution in [2.75, 3.05) is 20.3 Å². The van der Waals surface area contributed by atoms with Crippen molar-refractivity contribution >= 4 is 37.1 Å². The minimum atomic E-state index is -0.0717. The summed E-state index contributed by atoms with van der Waals surface area (Å²) in [4.78, 5) is 12.6. The minimum Gasteiger partial charge on any atom is -0.353 e. The molecule has 5 rings (SSSR count). The van der Waals surface area contributed by atoms with Crippen LogP contribution < -0.4 is 4.46 Å². The molecular formula is C37H56O6SSe. The predicted molar refractivity (Wildman–Crippen MR) is 183 cm³/mol. The first-order chi connectivity index (χ1) is 22.1. The fourth-order valence-corrected chi connectivity index (χ4v) is 11.7. The third kappa shape index (κ3) is 11.1. The van der Waals surface area contributed by atoms with Crippen LogP contribution in [-0.4, -0.2) is 76.5 Å². The maximum atomic E-state index is 12.6. The van der Waals surface area contributed by atoms with Crippen molar-refractivity contribution in [3.8, 4) is 0 Å². The van der Waals surface area contributed by atoms with Gasteiger partial charge in [0.05, 0.1) is 0 Å². The van der Waals surface area contributed by atoms with E-state index in [4.69, 9.17) is 23.7 Å². The van der Waals surface area contributed by atoms with Crippen molar-refractivity contribution < 1.29 is 28.5 Å². The molecule has 0 aromatic heterocycles. The molecule has 6 nitrogen and oxygen atoms in total. The van der Waals surface area contributed by atoms with E-state index in [2.05, 4.69) is 55.1 Å². The van der Waals surface area contributed by atoms with Crippen molar-refractivity contribution in [3.63, 3.8) is 0 Å². The normalized spacial score (nSPS) is 31.6. The van der Waals surface area contributed by atoms with E-state index in [1.54, 1.807) is 0 Å². The van der Waals surface area contributed by atoms with Gasteiger partial charge in [-0.05, 0) is 32.1 Å². The number of thioether (sulfide) groups is 1. The third-order valence-electron chi connectivity index (χ3n) is 9.82. The van der Waals surface area contributed by atoms with Crippen molar-refractivity contribution in [2.45, 2.75) is 143 Å².